The number of Topliss-reactive ketones (excluding diaryl/α,β-unsaturated/α-hetero) is 1. The maximum atomic E-state index is 12.0. The molecule has 0 spiro atoms. The van der Waals surface area contributed by atoms with Crippen molar-refractivity contribution >= 4 is 17.4 Å². The molecule has 2 nitrogen and oxygen atoms in total. The van der Waals surface area contributed by atoms with Crippen molar-refractivity contribution in [1.82, 2.24) is 0 Å². The summed E-state index contributed by atoms with van der Waals surface area (Å²) in [5, 5.41) is -0.502. The molecule has 1 saturated carbocycles. The van der Waals surface area contributed by atoms with Crippen LogP contribution in [-0.2, 0) is 9.53 Å². The second-order valence-electron chi connectivity index (χ2n) is 4.86. The van der Waals surface area contributed by atoms with E-state index >= 15 is 0 Å². The lowest BCUT2D eigenvalue weighted by molar-refractivity contribution is -0.122. The summed E-state index contributed by atoms with van der Waals surface area (Å²) >= 11 is 6.20. The molecule has 18 heavy (non-hydrogen) atoms. The number of carbonyl (C=O) groups excluding carboxylic acids is 1. The molecule has 0 amide bonds. The molecule has 0 N–H and O–H groups in total. The number of carbonyl (C=O) groups is 1. The second-order valence-corrected chi connectivity index (χ2v) is 5.29. The maximum absolute atomic E-state index is 12.0. The highest BCUT2D eigenvalue weighted by molar-refractivity contribution is 6.31. The molecule has 0 bridgehead atoms. The Hall–Kier alpha value is -0.860. The van der Waals surface area contributed by atoms with E-state index in [9.17, 15) is 4.79 Å². The predicted molar refractivity (Wildman–Crippen MR) is 72.8 cm³/mol. The summed E-state index contributed by atoms with van der Waals surface area (Å²) in [7, 11) is 0. The van der Waals surface area contributed by atoms with Crippen LogP contribution in [0, 0.1) is 5.92 Å². The predicted octanol–water partition coefficient (Wildman–Crippen LogP) is 3.74. The summed E-state index contributed by atoms with van der Waals surface area (Å²) in [6.45, 7) is 2.76. The van der Waals surface area contributed by atoms with Gasteiger partial charge in [0, 0.05) is 13.0 Å². The van der Waals surface area contributed by atoms with Crippen molar-refractivity contribution < 1.29 is 9.53 Å². The summed E-state index contributed by atoms with van der Waals surface area (Å²) in [5.74, 6) is 0.585. The molecule has 1 aliphatic carbocycles. The minimum absolute atomic E-state index is 0.128. The van der Waals surface area contributed by atoms with Crippen LogP contribution in [0.5, 0.6) is 0 Å². The molecule has 0 aliphatic heterocycles. The average Bonchev–Trinajstić information content (AvgIpc) is 2.36. The van der Waals surface area contributed by atoms with Crippen LogP contribution in [-0.4, -0.2) is 18.5 Å². The molecule has 1 aromatic carbocycles. The summed E-state index contributed by atoms with van der Waals surface area (Å²) in [4.78, 5) is 12.0. The quantitative estimate of drug-likeness (QED) is 0.733. The minimum atomic E-state index is -0.502. The fraction of sp³-hybridized carbons (Fsp3) is 0.533. The van der Waals surface area contributed by atoms with Crippen molar-refractivity contribution in [3.63, 3.8) is 0 Å². The van der Waals surface area contributed by atoms with Crippen molar-refractivity contribution in [2.75, 3.05) is 6.61 Å². The lowest BCUT2D eigenvalue weighted by Crippen LogP contribution is -2.33. The van der Waals surface area contributed by atoms with Crippen LogP contribution >= 0.6 is 11.6 Å². The van der Waals surface area contributed by atoms with Crippen LogP contribution in [0.25, 0.3) is 0 Å². The molecule has 1 unspecified atom stereocenters. The Morgan fingerprint density at radius 3 is 2.67 bits per heavy atom. The zero-order valence-corrected chi connectivity index (χ0v) is 11.4. The summed E-state index contributed by atoms with van der Waals surface area (Å²) in [5.41, 5.74) is 0.893. The van der Waals surface area contributed by atoms with E-state index in [0.29, 0.717) is 18.4 Å². The van der Waals surface area contributed by atoms with Gasteiger partial charge in [0.25, 0.3) is 0 Å². The lowest BCUT2D eigenvalue weighted by Gasteiger charge is -2.34. The normalized spacial score (nSPS) is 24.3. The molecular weight excluding hydrogens is 248 g/mol. The molecule has 3 heteroatoms. The molecule has 1 aliphatic rings. The van der Waals surface area contributed by atoms with E-state index in [0.717, 1.165) is 25.0 Å². The Morgan fingerprint density at radius 2 is 2.06 bits per heavy atom. The van der Waals surface area contributed by atoms with E-state index in [1.54, 1.807) is 0 Å². The largest absolute Gasteiger partial charge is 0.378 e. The van der Waals surface area contributed by atoms with Crippen molar-refractivity contribution in [2.45, 2.75) is 37.7 Å². The Labute approximate surface area is 113 Å². The van der Waals surface area contributed by atoms with Crippen molar-refractivity contribution in [2.24, 2.45) is 5.92 Å². The van der Waals surface area contributed by atoms with Gasteiger partial charge in [-0.05, 0) is 31.2 Å². The van der Waals surface area contributed by atoms with Gasteiger partial charge in [-0.2, -0.15) is 0 Å². The first kappa shape index (κ1) is 13.6. The van der Waals surface area contributed by atoms with Gasteiger partial charge in [-0.15, -0.1) is 11.6 Å². The summed E-state index contributed by atoms with van der Waals surface area (Å²) < 4.78 is 5.49. The third kappa shape index (κ3) is 3.33. The van der Waals surface area contributed by atoms with Crippen LogP contribution in [0.1, 0.15) is 37.1 Å². The van der Waals surface area contributed by atoms with Crippen LogP contribution in [0.4, 0.5) is 0 Å². The SMILES string of the molecule is CCOC1CC(CC(=O)C(Cl)c2ccccc2)C1. The van der Waals surface area contributed by atoms with E-state index in [-0.39, 0.29) is 5.78 Å². The van der Waals surface area contributed by atoms with Crippen LogP contribution < -0.4 is 0 Å². The van der Waals surface area contributed by atoms with Gasteiger partial charge in [0.05, 0.1) is 6.10 Å². The van der Waals surface area contributed by atoms with E-state index in [1.807, 2.05) is 37.3 Å². The first-order chi connectivity index (χ1) is 8.70. The van der Waals surface area contributed by atoms with Gasteiger partial charge >= 0.3 is 0 Å². The first-order valence-corrected chi connectivity index (χ1v) is 6.97. The molecule has 98 valence electrons. The smallest absolute Gasteiger partial charge is 0.155 e. The third-order valence-electron chi connectivity index (χ3n) is 3.46. The standard InChI is InChI=1S/C15H19ClO2/c1-2-18-13-8-11(9-13)10-14(17)15(16)12-6-4-3-5-7-12/h3-7,11,13,15H,2,8-10H2,1H3. The molecule has 0 aromatic heterocycles. The molecular formula is C15H19ClO2. The van der Waals surface area contributed by atoms with Gasteiger partial charge in [-0.1, -0.05) is 30.3 Å². The van der Waals surface area contributed by atoms with E-state index in [2.05, 4.69) is 0 Å². The number of hydrogen-bond donors (Lipinski definition) is 0. The van der Waals surface area contributed by atoms with Crippen molar-refractivity contribution in [3.05, 3.63) is 35.9 Å². The highest BCUT2D eigenvalue weighted by Gasteiger charge is 2.32. The molecule has 1 aromatic rings. The van der Waals surface area contributed by atoms with E-state index < -0.39 is 5.38 Å². The highest BCUT2D eigenvalue weighted by Crippen LogP contribution is 2.35. The Bertz CT molecular complexity index is 385. The zero-order chi connectivity index (χ0) is 13.0. The number of ether oxygens (including phenoxy) is 1. The second kappa shape index (κ2) is 6.35. The van der Waals surface area contributed by atoms with Gasteiger partial charge in [0.1, 0.15) is 5.38 Å². The highest BCUT2D eigenvalue weighted by atomic mass is 35.5. The Morgan fingerprint density at radius 1 is 1.39 bits per heavy atom. The van der Waals surface area contributed by atoms with Crippen LogP contribution in [0.15, 0.2) is 30.3 Å². The van der Waals surface area contributed by atoms with Gasteiger partial charge in [-0.25, -0.2) is 0 Å². The summed E-state index contributed by atoms with van der Waals surface area (Å²) in [6, 6.07) is 9.55. The number of halogens is 1. The van der Waals surface area contributed by atoms with Gasteiger partial charge < -0.3 is 4.74 Å². The van der Waals surface area contributed by atoms with Gasteiger partial charge in [0.15, 0.2) is 5.78 Å². The Balaban J connectivity index is 1.79. The molecule has 0 heterocycles. The topological polar surface area (TPSA) is 26.3 Å². The number of benzene rings is 1. The zero-order valence-electron chi connectivity index (χ0n) is 10.6. The fourth-order valence-electron chi connectivity index (χ4n) is 2.41. The number of rotatable bonds is 6. The maximum Gasteiger partial charge on any atom is 0.155 e. The van der Waals surface area contributed by atoms with E-state index in [4.69, 9.17) is 16.3 Å². The van der Waals surface area contributed by atoms with Gasteiger partial charge in [0.2, 0.25) is 0 Å². The number of alkyl halides is 1. The summed E-state index contributed by atoms with van der Waals surface area (Å²) in [6.07, 6.45) is 2.93. The lowest BCUT2D eigenvalue weighted by atomic mass is 9.78. The van der Waals surface area contributed by atoms with Crippen LogP contribution in [0.3, 0.4) is 0 Å². The third-order valence-corrected chi connectivity index (χ3v) is 3.95. The Kier molecular flexibility index (Phi) is 4.79. The molecule has 0 saturated heterocycles. The van der Waals surface area contributed by atoms with Crippen molar-refractivity contribution in [1.29, 1.82) is 0 Å². The monoisotopic (exact) mass is 266 g/mol. The van der Waals surface area contributed by atoms with Gasteiger partial charge in [-0.3, -0.25) is 4.79 Å². The van der Waals surface area contributed by atoms with Crippen LogP contribution in [0.2, 0.25) is 0 Å². The number of hydrogen-bond acceptors (Lipinski definition) is 2. The fourth-order valence-corrected chi connectivity index (χ4v) is 2.64. The average molecular weight is 267 g/mol. The molecule has 1 atom stereocenters. The first-order valence-electron chi connectivity index (χ1n) is 6.54. The van der Waals surface area contributed by atoms with E-state index in [1.165, 1.54) is 0 Å². The minimum Gasteiger partial charge on any atom is -0.378 e. The number of ketones is 1. The van der Waals surface area contributed by atoms with Crippen molar-refractivity contribution in [3.8, 4) is 0 Å². The molecule has 0 radical (unpaired) electrons. The molecule has 2 rings (SSSR count). The molecule has 1 fully saturated rings.